The number of nitrogens with zero attached hydrogens (tertiary/aromatic N) is 1. The van der Waals surface area contributed by atoms with Crippen molar-refractivity contribution in [3.05, 3.63) is 29.6 Å². The van der Waals surface area contributed by atoms with E-state index in [-0.39, 0.29) is 29.7 Å². The van der Waals surface area contributed by atoms with Gasteiger partial charge in [-0.1, -0.05) is 0 Å². The van der Waals surface area contributed by atoms with Crippen molar-refractivity contribution in [3.63, 3.8) is 0 Å². The molecule has 0 saturated carbocycles. The first kappa shape index (κ1) is 15.3. The molecular weight excluding hydrogens is 277 g/mol. The van der Waals surface area contributed by atoms with Crippen LogP contribution in [0.25, 0.3) is 0 Å². The van der Waals surface area contributed by atoms with Crippen LogP contribution < -0.4 is 4.74 Å². The summed E-state index contributed by atoms with van der Waals surface area (Å²) in [5.41, 5.74) is 0.214. The van der Waals surface area contributed by atoms with E-state index < -0.39 is 11.8 Å². The van der Waals surface area contributed by atoms with Gasteiger partial charge in [0.1, 0.15) is 0 Å². The number of aliphatic carboxylic acids is 1. The van der Waals surface area contributed by atoms with Crippen LogP contribution in [0.1, 0.15) is 36.0 Å². The summed E-state index contributed by atoms with van der Waals surface area (Å²) >= 11 is 0. The predicted molar refractivity (Wildman–Crippen MR) is 73.9 cm³/mol. The van der Waals surface area contributed by atoms with E-state index >= 15 is 0 Å². The minimum absolute atomic E-state index is 0.0762. The van der Waals surface area contributed by atoms with Gasteiger partial charge in [-0.3, -0.25) is 9.59 Å². The largest absolute Gasteiger partial charge is 0.494 e. The molecule has 5 nitrogen and oxygen atoms in total. The minimum atomic E-state index is -0.930. The monoisotopic (exact) mass is 295 g/mol. The van der Waals surface area contributed by atoms with E-state index in [1.165, 1.54) is 19.2 Å². The van der Waals surface area contributed by atoms with E-state index in [4.69, 9.17) is 9.84 Å². The molecule has 6 heteroatoms. The molecule has 0 aromatic heterocycles. The van der Waals surface area contributed by atoms with Gasteiger partial charge < -0.3 is 14.7 Å². The Morgan fingerprint density at radius 3 is 2.81 bits per heavy atom. The summed E-state index contributed by atoms with van der Waals surface area (Å²) in [5, 5.41) is 8.93. The average molecular weight is 295 g/mol. The topological polar surface area (TPSA) is 66.8 Å². The molecule has 1 aliphatic rings. The summed E-state index contributed by atoms with van der Waals surface area (Å²) in [6.07, 6.45) is 2.32. The van der Waals surface area contributed by atoms with E-state index in [9.17, 15) is 14.0 Å². The first-order chi connectivity index (χ1) is 10.0. The molecule has 114 valence electrons. The predicted octanol–water partition coefficient (Wildman–Crippen LogP) is 2.30. The number of carbonyl (C=O) groups excluding carboxylic acids is 1. The Balaban J connectivity index is 2.20. The van der Waals surface area contributed by atoms with Crippen LogP contribution in [-0.4, -0.2) is 41.6 Å². The Bertz CT molecular complexity index is 546. The Morgan fingerprint density at radius 1 is 1.43 bits per heavy atom. The smallest absolute Gasteiger partial charge is 0.305 e. The molecule has 1 fully saturated rings. The van der Waals surface area contributed by atoms with Crippen LogP contribution >= 0.6 is 0 Å². The van der Waals surface area contributed by atoms with Gasteiger partial charge in [-0.05, 0) is 37.5 Å². The van der Waals surface area contributed by atoms with Gasteiger partial charge in [0.15, 0.2) is 11.6 Å². The van der Waals surface area contributed by atoms with Crippen molar-refractivity contribution in [1.29, 1.82) is 0 Å². The van der Waals surface area contributed by atoms with Crippen LogP contribution in [0.5, 0.6) is 5.75 Å². The molecular formula is C15H18FNO4. The number of carbonyl (C=O) groups is 2. The van der Waals surface area contributed by atoms with Gasteiger partial charge >= 0.3 is 5.97 Å². The third-order valence-electron chi connectivity index (χ3n) is 3.70. The van der Waals surface area contributed by atoms with E-state index in [0.29, 0.717) is 13.0 Å². The summed E-state index contributed by atoms with van der Waals surface area (Å²) in [7, 11) is 1.35. The van der Waals surface area contributed by atoms with Crippen LogP contribution in [0.4, 0.5) is 4.39 Å². The fraction of sp³-hybridized carbons (Fsp3) is 0.467. The van der Waals surface area contributed by atoms with Gasteiger partial charge in [-0.15, -0.1) is 0 Å². The number of benzene rings is 1. The highest BCUT2D eigenvalue weighted by Gasteiger charge is 2.29. The van der Waals surface area contributed by atoms with Gasteiger partial charge in [0.05, 0.1) is 13.5 Å². The summed E-state index contributed by atoms with van der Waals surface area (Å²) in [4.78, 5) is 24.9. The second kappa shape index (κ2) is 6.56. The van der Waals surface area contributed by atoms with Crippen molar-refractivity contribution >= 4 is 11.9 Å². The molecule has 0 spiro atoms. The maximum absolute atomic E-state index is 13.7. The van der Waals surface area contributed by atoms with Crippen molar-refractivity contribution in [2.75, 3.05) is 13.7 Å². The number of hydrogen-bond donors (Lipinski definition) is 1. The van der Waals surface area contributed by atoms with Crippen molar-refractivity contribution in [2.24, 2.45) is 0 Å². The fourth-order valence-corrected chi connectivity index (χ4v) is 2.65. The van der Waals surface area contributed by atoms with Gasteiger partial charge in [-0.2, -0.15) is 0 Å². The number of ether oxygens (including phenoxy) is 1. The lowest BCUT2D eigenvalue weighted by Gasteiger charge is -2.35. The summed E-state index contributed by atoms with van der Waals surface area (Å²) in [6, 6.07) is 3.71. The van der Waals surface area contributed by atoms with Crippen LogP contribution in [-0.2, 0) is 4.79 Å². The van der Waals surface area contributed by atoms with Gasteiger partial charge in [-0.25, -0.2) is 4.39 Å². The summed E-state index contributed by atoms with van der Waals surface area (Å²) in [6.45, 7) is 0.504. The zero-order valence-electron chi connectivity index (χ0n) is 11.8. The highest BCUT2D eigenvalue weighted by Crippen LogP contribution is 2.24. The van der Waals surface area contributed by atoms with Gasteiger partial charge in [0.2, 0.25) is 0 Å². The van der Waals surface area contributed by atoms with Gasteiger partial charge in [0.25, 0.3) is 5.91 Å². The zero-order valence-corrected chi connectivity index (χ0v) is 11.8. The molecule has 1 aliphatic heterocycles. The molecule has 1 aromatic rings. The van der Waals surface area contributed by atoms with Crippen LogP contribution in [0.3, 0.4) is 0 Å². The van der Waals surface area contributed by atoms with Crippen LogP contribution in [0.2, 0.25) is 0 Å². The number of piperidine rings is 1. The lowest BCUT2D eigenvalue weighted by molar-refractivity contribution is -0.138. The number of rotatable bonds is 4. The molecule has 1 atom stereocenters. The summed E-state index contributed by atoms with van der Waals surface area (Å²) < 4.78 is 18.5. The normalized spacial score (nSPS) is 18.4. The molecule has 1 N–H and O–H groups in total. The second-order valence-corrected chi connectivity index (χ2v) is 5.10. The average Bonchev–Trinajstić information content (AvgIpc) is 2.46. The number of amides is 1. The lowest BCUT2D eigenvalue weighted by Crippen LogP contribution is -2.44. The van der Waals surface area contributed by atoms with Gasteiger partial charge in [0, 0.05) is 18.2 Å². The number of hydrogen-bond acceptors (Lipinski definition) is 3. The number of halogens is 1. The molecule has 21 heavy (non-hydrogen) atoms. The van der Waals surface area contributed by atoms with Crippen LogP contribution in [0, 0.1) is 5.82 Å². The first-order valence-electron chi connectivity index (χ1n) is 6.89. The molecule has 2 rings (SSSR count). The van der Waals surface area contributed by atoms with Crippen LogP contribution in [0.15, 0.2) is 18.2 Å². The van der Waals surface area contributed by atoms with Crippen molar-refractivity contribution in [3.8, 4) is 5.75 Å². The number of carboxylic acid groups (broad SMARTS) is 1. The third-order valence-corrected chi connectivity index (χ3v) is 3.70. The number of carboxylic acids is 1. The Morgan fingerprint density at radius 2 is 2.19 bits per heavy atom. The Hall–Kier alpha value is -2.11. The minimum Gasteiger partial charge on any atom is -0.494 e. The van der Waals surface area contributed by atoms with E-state index in [0.717, 1.165) is 18.9 Å². The summed E-state index contributed by atoms with van der Waals surface area (Å²) in [5.74, 6) is -1.79. The number of likely N-dealkylation sites (tertiary alicyclic amines) is 1. The Labute approximate surface area is 122 Å². The maximum atomic E-state index is 13.7. The second-order valence-electron chi connectivity index (χ2n) is 5.10. The molecule has 0 radical (unpaired) electrons. The molecule has 1 saturated heterocycles. The molecule has 1 unspecified atom stereocenters. The quantitative estimate of drug-likeness (QED) is 0.925. The first-order valence-corrected chi connectivity index (χ1v) is 6.89. The van der Waals surface area contributed by atoms with E-state index in [1.807, 2.05) is 0 Å². The third kappa shape index (κ3) is 3.51. The van der Waals surface area contributed by atoms with Crippen molar-refractivity contribution in [2.45, 2.75) is 31.7 Å². The lowest BCUT2D eigenvalue weighted by atomic mass is 9.98. The fourth-order valence-electron chi connectivity index (χ4n) is 2.65. The number of methoxy groups -OCH3 is 1. The molecule has 1 amide bonds. The molecule has 0 aliphatic carbocycles. The molecule has 1 aromatic carbocycles. The molecule has 0 bridgehead atoms. The highest BCUT2D eigenvalue weighted by atomic mass is 19.1. The van der Waals surface area contributed by atoms with Crippen molar-refractivity contribution in [1.82, 2.24) is 4.90 Å². The van der Waals surface area contributed by atoms with E-state index in [2.05, 4.69) is 0 Å². The maximum Gasteiger partial charge on any atom is 0.305 e. The Kier molecular flexibility index (Phi) is 4.77. The zero-order chi connectivity index (χ0) is 15.4. The standard InChI is InChI=1S/C15H18FNO4/c1-21-13-6-5-10(8-12(13)16)15(20)17-7-3-2-4-11(17)9-14(18)19/h5-6,8,11H,2-4,7,9H2,1H3,(H,18,19). The molecule has 1 heterocycles. The SMILES string of the molecule is COc1ccc(C(=O)N2CCCCC2CC(=O)O)cc1F. The van der Waals surface area contributed by atoms with Crippen molar-refractivity contribution < 1.29 is 23.8 Å². The highest BCUT2D eigenvalue weighted by molar-refractivity contribution is 5.95. The van der Waals surface area contributed by atoms with E-state index in [1.54, 1.807) is 4.90 Å².